The van der Waals surface area contributed by atoms with Crippen LogP contribution >= 0.6 is 0 Å². The number of hydrogen-bond donors (Lipinski definition) is 2. The molecule has 0 aromatic heterocycles. The van der Waals surface area contributed by atoms with Crippen molar-refractivity contribution in [2.45, 2.75) is 37.7 Å². The van der Waals surface area contributed by atoms with Gasteiger partial charge in [-0.05, 0) is 25.0 Å². The Bertz CT molecular complexity index is 528. The van der Waals surface area contributed by atoms with E-state index in [0.717, 1.165) is 32.4 Å². The topological polar surface area (TPSA) is 58.6 Å². The fourth-order valence-electron chi connectivity index (χ4n) is 2.60. The van der Waals surface area contributed by atoms with Gasteiger partial charge in [0.2, 0.25) is 0 Å². The molecule has 2 N–H and O–H groups in total. The van der Waals surface area contributed by atoms with Gasteiger partial charge in [-0.2, -0.15) is 0 Å². The lowest BCUT2D eigenvalue weighted by atomic mass is 9.85. The molecule has 116 valence electrons. The molecule has 0 spiro atoms. The van der Waals surface area contributed by atoms with E-state index in [0.29, 0.717) is 12.8 Å². The third-order valence-corrected chi connectivity index (χ3v) is 3.88. The third-order valence-electron chi connectivity index (χ3n) is 3.88. The van der Waals surface area contributed by atoms with E-state index < -0.39 is 28.8 Å². The number of carbonyl (C=O) groups is 1. The Morgan fingerprint density at radius 3 is 2.57 bits per heavy atom. The Kier molecular flexibility index (Phi) is 4.77. The summed E-state index contributed by atoms with van der Waals surface area (Å²) in [6, 6.07) is 2.44. The number of halogens is 2. The van der Waals surface area contributed by atoms with Gasteiger partial charge in [0.25, 0.3) is 0 Å². The lowest BCUT2D eigenvalue weighted by Crippen LogP contribution is -2.39. The smallest absolute Gasteiger partial charge is 0.340 e. The molecule has 0 bridgehead atoms. The zero-order chi connectivity index (χ0) is 15.5. The number of nitrogens with one attached hydrogen (secondary N) is 1. The van der Waals surface area contributed by atoms with Crippen LogP contribution in [-0.4, -0.2) is 30.3 Å². The van der Waals surface area contributed by atoms with Crippen LogP contribution in [0.15, 0.2) is 12.1 Å². The van der Waals surface area contributed by atoms with Crippen LogP contribution in [-0.2, 0) is 4.74 Å². The van der Waals surface area contributed by atoms with Gasteiger partial charge in [0.15, 0.2) is 11.6 Å². The van der Waals surface area contributed by atoms with E-state index in [-0.39, 0.29) is 12.2 Å². The number of anilines is 1. The van der Waals surface area contributed by atoms with E-state index in [2.05, 4.69) is 10.1 Å². The molecule has 0 aliphatic heterocycles. The van der Waals surface area contributed by atoms with Crippen LogP contribution < -0.4 is 5.32 Å². The van der Waals surface area contributed by atoms with Crippen molar-refractivity contribution in [2.75, 3.05) is 19.0 Å². The Morgan fingerprint density at radius 1 is 1.29 bits per heavy atom. The zero-order valence-corrected chi connectivity index (χ0v) is 11.9. The fourth-order valence-corrected chi connectivity index (χ4v) is 2.60. The zero-order valence-electron chi connectivity index (χ0n) is 11.9. The summed E-state index contributed by atoms with van der Waals surface area (Å²) < 4.78 is 32.1. The summed E-state index contributed by atoms with van der Waals surface area (Å²) >= 11 is 0. The molecule has 4 nitrogen and oxygen atoms in total. The maximum atomic E-state index is 13.9. The van der Waals surface area contributed by atoms with Crippen molar-refractivity contribution in [1.29, 1.82) is 0 Å². The summed E-state index contributed by atoms with van der Waals surface area (Å²) in [5.74, 6) is -3.32. The first-order valence-corrected chi connectivity index (χ1v) is 6.99. The van der Waals surface area contributed by atoms with Crippen molar-refractivity contribution in [2.24, 2.45) is 0 Å². The molecule has 0 saturated heterocycles. The van der Waals surface area contributed by atoms with Crippen molar-refractivity contribution in [3.05, 3.63) is 29.3 Å². The summed E-state index contributed by atoms with van der Waals surface area (Å²) in [5, 5.41) is 13.1. The Balaban J connectivity index is 2.10. The Morgan fingerprint density at radius 2 is 1.95 bits per heavy atom. The number of hydrogen-bond acceptors (Lipinski definition) is 4. The van der Waals surface area contributed by atoms with E-state index >= 15 is 0 Å². The van der Waals surface area contributed by atoms with Crippen molar-refractivity contribution >= 4 is 11.7 Å². The standard InChI is InChI=1S/C15H19F2NO3/c1-21-14(19)10-5-6-11(13(17)12(10)16)18-9-15(20)7-3-2-4-8-15/h5-6,18,20H,2-4,7-9H2,1H3. The molecule has 2 rings (SSSR count). The van der Waals surface area contributed by atoms with Crippen LogP contribution in [0.3, 0.4) is 0 Å². The minimum Gasteiger partial charge on any atom is -0.465 e. The van der Waals surface area contributed by atoms with Gasteiger partial charge in [0.1, 0.15) is 0 Å². The minimum absolute atomic E-state index is 0.0702. The van der Waals surface area contributed by atoms with Crippen LogP contribution in [0, 0.1) is 11.6 Å². The number of benzene rings is 1. The van der Waals surface area contributed by atoms with Gasteiger partial charge in [-0.25, -0.2) is 13.6 Å². The van der Waals surface area contributed by atoms with Gasteiger partial charge in [-0.3, -0.25) is 0 Å². The summed E-state index contributed by atoms with van der Waals surface area (Å²) in [6.07, 6.45) is 4.22. The van der Waals surface area contributed by atoms with Crippen molar-refractivity contribution in [3.63, 3.8) is 0 Å². The molecule has 0 radical (unpaired) electrons. The molecule has 1 aliphatic carbocycles. The van der Waals surface area contributed by atoms with E-state index in [1.54, 1.807) is 0 Å². The van der Waals surface area contributed by atoms with Crippen LogP contribution in [0.5, 0.6) is 0 Å². The molecule has 21 heavy (non-hydrogen) atoms. The lowest BCUT2D eigenvalue weighted by molar-refractivity contribution is 0.0166. The van der Waals surface area contributed by atoms with Gasteiger partial charge in [0, 0.05) is 6.54 Å². The molecule has 1 aromatic carbocycles. The van der Waals surface area contributed by atoms with E-state index in [4.69, 9.17) is 0 Å². The second-order valence-electron chi connectivity index (χ2n) is 5.42. The van der Waals surface area contributed by atoms with Gasteiger partial charge < -0.3 is 15.2 Å². The monoisotopic (exact) mass is 299 g/mol. The van der Waals surface area contributed by atoms with Gasteiger partial charge in [-0.15, -0.1) is 0 Å². The molecule has 0 heterocycles. The average molecular weight is 299 g/mol. The van der Waals surface area contributed by atoms with Gasteiger partial charge >= 0.3 is 5.97 Å². The number of rotatable bonds is 4. The molecular formula is C15H19F2NO3. The number of methoxy groups -OCH3 is 1. The average Bonchev–Trinajstić information content (AvgIpc) is 2.49. The van der Waals surface area contributed by atoms with Gasteiger partial charge in [0.05, 0.1) is 24.0 Å². The van der Waals surface area contributed by atoms with Crippen molar-refractivity contribution in [1.82, 2.24) is 0 Å². The molecule has 1 fully saturated rings. The maximum absolute atomic E-state index is 13.9. The third kappa shape index (κ3) is 3.50. The first-order valence-electron chi connectivity index (χ1n) is 6.99. The van der Waals surface area contributed by atoms with E-state index in [1.807, 2.05) is 0 Å². The largest absolute Gasteiger partial charge is 0.465 e. The van der Waals surface area contributed by atoms with Crippen molar-refractivity contribution in [3.8, 4) is 0 Å². The van der Waals surface area contributed by atoms with E-state index in [9.17, 15) is 18.7 Å². The van der Waals surface area contributed by atoms with Crippen LogP contribution in [0.2, 0.25) is 0 Å². The summed E-state index contributed by atoms with van der Waals surface area (Å²) in [4.78, 5) is 11.3. The van der Waals surface area contributed by atoms with Crippen LogP contribution in [0.25, 0.3) is 0 Å². The van der Waals surface area contributed by atoms with Crippen LogP contribution in [0.1, 0.15) is 42.5 Å². The predicted octanol–water partition coefficient (Wildman–Crippen LogP) is 2.86. The summed E-state index contributed by atoms with van der Waals surface area (Å²) in [7, 11) is 1.10. The highest BCUT2D eigenvalue weighted by atomic mass is 19.2. The molecule has 6 heteroatoms. The minimum atomic E-state index is -1.25. The molecule has 0 amide bonds. The Hall–Kier alpha value is -1.69. The molecule has 0 unspecified atom stereocenters. The molecular weight excluding hydrogens is 280 g/mol. The second kappa shape index (κ2) is 6.39. The van der Waals surface area contributed by atoms with Crippen molar-refractivity contribution < 1.29 is 23.4 Å². The normalized spacial score (nSPS) is 17.3. The Labute approximate surface area is 122 Å². The highest BCUT2D eigenvalue weighted by Gasteiger charge is 2.29. The number of esters is 1. The number of ether oxygens (including phenoxy) is 1. The molecule has 1 aromatic rings. The molecule has 0 atom stereocenters. The number of aliphatic hydroxyl groups is 1. The first-order chi connectivity index (χ1) is 9.97. The van der Waals surface area contributed by atoms with E-state index in [1.165, 1.54) is 6.07 Å². The second-order valence-corrected chi connectivity index (χ2v) is 5.42. The highest BCUT2D eigenvalue weighted by Crippen LogP contribution is 2.29. The fraction of sp³-hybridized carbons (Fsp3) is 0.533. The first kappa shape index (κ1) is 15.7. The maximum Gasteiger partial charge on any atom is 0.340 e. The summed E-state index contributed by atoms with van der Waals surface area (Å²) in [5.41, 5.74) is -1.40. The molecule has 1 saturated carbocycles. The SMILES string of the molecule is COC(=O)c1ccc(NCC2(O)CCCCC2)c(F)c1F. The van der Waals surface area contributed by atoms with Gasteiger partial charge in [-0.1, -0.05) is 19.3 Å². The number of carbonyl (C=O) groups excluding carboxylic acids is 1. The quantitative estimate of drug-likeness (QED) is 0.839. The summed E-state index contributed by atoms with van der Waals surface area (Å²) in [6.45, 7) is 0.154. The highest BCUT2D eigenvalue weighted by molar-refractivity contribution is 5.90. The molecule has 1 aliphatic rings. The lowest BCUT2D eigenvalue weighted by Gasteiger charge is -2.32. The van der Waals surface area contributed by atoms with Crippen LogP contribution in [0.4, 0.5) is 14.5 Å². The predicted molar refractivity (Wildman–Crippen MR) is 74.2 cm³/mol.